The molecule has 0 radical (unpaired) electrons. The maximum absolute atomic E-state index is 14.2. The topological polar surface area (TPSA) is 146 Å². The number of carbonyl (C=O) groups is 1. The van der Waals surface area contributed by atoms with Gasteiger partial charge >= 0.3 is 5.97 Å². The van der Waals surface area contributed by atoms with Crippen LogP contribution in [0.5, 0.6) is 0 Å². The van der Waals surface area contributed by atoms with E-state index in [0.717, 1.165) is 5.56 Å². The Hall–Kier alpha value is -2.56. The van der Waals surface area contributed by atoms with E-state index in [1.807, 2.05) is 26.0 Å². The number of halogens is 1. The summed E-state index contributed by atoms with van der Waals surface area (Å²) in [6.45, 7) is 10.9. The van der Waals surface area contributed by atoms with Crippen molar-refractivity contribution in [2.75, 3.05) is 12.1 Å². The second-order valence-corrected chi connectivity index (χ2v) is 12.4. The summed E-state index contributed by atoms with van der Waals surface area (Å²) in [6, 6.07) is 6.90. The minimum Gasteiger partial charge on any atom is -0.462 e. The lowest BCUT2D eigenvalue weighted by Crippen LogP contribution is -2.49. The second-order valence-electron chi connectivity index (χ2n) is 9.77. The van der Waals surface area contributed by atoms with Crippen molar-refractivity contribution in [1.29, 1.82) is 0 Å². The SMILES string of the molecule is CC(C)OC(=O)C(C)(C)NP(=O)(CO[C@@H](C)Cn1cnc2c(N)ncnc21)N[C@H](C)c1ccc(Cl)cc1. The molecule has 0 spiro atoms. The molecule has 2 heterocycles. The van der Waals surface area contributed by atoms with Crippen LogP contribution in [0.4, 0.5) is 5.82 Å². The van der Waals surface area contributed by atoms with Crippen molar-refractivity contribution < 1.29 is 18.8 Å². The van der Waals surface area contributed by atoms with E-state index in [4.69, 9.17) is 26.8 Å². The summed E-state index contributed by atoms with van der Waals surface area (Å²) in [5, 5.41) is 6.76. The van der Waals surface area contributed by atoms with E-state index in [2.05, 4.69) is 25.1 Å². The van der Waals surface area contributed by atoms with Gasteiger partial charge in [0.25, 0.3) is 0 Å². The van der Waals surface area contributed by atoms with Crippen molar-refractivity contribution in [3.05, 3.63) is 47.5 Å². The molecule has 1 unspecified atom stereocenters. The van der Waals surface area contributed by atoms with Gasteiger partial charge in [-0.3, -0.25) is 9.36 Å². The van der Waals surface area contributed by atoms with Crippen LogP contribution in [0.3, 0.4) is 0 Å². The zero-order valence-corrected chi connectivity index (χ0v) is 23.6. The smallest absolute Gasteiger partial charge is 0.326 e. The number of nitrogens with two attached hydrogens (primary N) is 1. The Morgan fingerprint density at radius 3 is 2.49 bits per heavy atom. The van der Waals surface area contributed by atoms with E-state index in [-0.39, 0.29) is 24.6 Å². The predicted octanol–water partition coefficient (Wildman–Crippen LogP) is 4.29. The molecule has 0 bridgehead atoms. The number of ether oxygens (including phenoxy) is 2. The molecule has 202 valence electrons. The number of esters is 1. The van der Waals surface area contributed by atoms with Crippen molar-refractivity contribution in [1.82, 2.24) is 29.7 Å². The van der Waals surface area contributed by atoms with E-state index < -0.39 is 19.0 Å². The predicted molar refractivity (Wildman–Crippen MR) is 144 cm³/mol. The van der Waals surface area contributed by atoms with Gasteiger partial charge in [-0.15, -0.1) is 0 Å². The Labute approximate surface area is 222 Å². The molecule has 1 aromatic carbocycles. The van der Waals surface area contributed by atoms with Crippen molar-refractivity contribution in [2.45, 2.75) is 71.9 Å². The first-order valence-corrected chi connectivity index (χ1v) is 14.2. The van der Waals surface area contributed by atoms with Gasteiger partial charge in [0.15, 0.2) is 11.5 Å². The highest BCUT2D eigenvalue weighted by atomic mass is 35.5. The molecule has 11 nitrogen and oxygen atoms in total. The van der Waals surface area contributed by atoms with Crippen LogP contribution in [-0.4, -0.2) is 49.6 Å². The van der Waals surface area contributed by atoms with Crippen LogP contribution >= 0.6 is 19.0 Å². The number of hydrogen-bond acceptors (Lipinski definition) is 8. The molecule has 0 fully saturated rings. The fourth-order valence-electron chi connectivity index (χ4n) is 3.69. The molecule has 3 aromatic rings. The van der Waals surface area contributed by atoms with Gasteiger partial charge in [0.05, 0.1) is 25.1 Å². The summed E-state index contributed by atoms with van der Waals surface area (Å²) >= 11 is 6.02. The molecule has 37 heavy (non-hydrogen) atoms. The van der Waals surface area contributed by atoms with Crippen LogP contribution in [0, 0.1) is 0 Å². The molecule has 0 saturated carbocycles. The number of hydrogen-bond donors (Lipinski definition) is 3. The van der Waals surface area contributed by atoms with Crippen molar-refractivity contribution in [3.8, 4) is 0 Å². The highest BCUT2D eigenvalue weighted by Crippen LogP contribution is 2.42. The van der Waals surface area contributed by atoms with Crippen LogP contribution in [0.25, 0.3) is 11.2 Å². The van der Waals surface area contributed by atoms with Crippen molar-refractivity contribution >= 4 is 42.0 Å². The van der Waals surface area contributed by atoms with Crippen LogP contribution in [-0.2, 0) is 25.4 Å². The molecule has 13 heteroatoms. The molecule has 0 aliphatic rings. The third-order valence-electron chi connectivity index (χ3n) is 5.51. The summed E-state index contributed by atoms with van der Waals surface area (Å²) in [7, 11) is -3.50. The number of anilines is 1. The average molecular weight is 552 g/mol. The summed E-state index contributed by atoms with van der Waals surface area (Å²) in [6.07, 6.45) is 2.11. The zero-order valence-electron chi connectivity index (χ0n) is 21.9. The normalized spacial score (nSPS) is 15.5. The number of carbonyl (C=O) groups excluding carboxylic acids is 1. The lowest BCUT2D eigenvalue weighted by molar-refractivity contribution is -0.153. The maximum atomic E-state index is 14.2. The lowest BCUT2D eigenvalue weighted by atomic mass is 10.1. The van der Waals surface area contributed by atoms with Gasteiger partial charge in [0.2, 0.25) is 7.44 Å². The number of nitrogens with zero attached hydrogens (tertiary/aromatic N) is 4. The Morgan fingerprint density at radius 2 is 1.84 bits per heavy atom. The molecule has 0 aliphatic carbocycles. The van der Waals surface area contributed by atoms with Gasteiger partial charge in [-0.2, -0.15) is 0 Å². The van der Waals surface area contributed by atoms with Gasteiger partial charge in [-0.05, 0) is 59.2 Å². The first-order chi connectivity index (χ1) is 17.3. The number of benzene rings is 1. The van der Waals surface area contributed by atoms with Crippen LogP contribution in [0.15, 0.2) is 36.9 Å². The summed E-state index contributed by atoms with van der Waals surface area (Å²) in [5.41, 5.74) is 6.60. The highest BCUT2D eigenvalue weighted by Gasteiger charge is 2.39. The Kier molecular flexibility index (Phi) is 9.31. The number of rotatable bonds is 12. The molecular weight excluding hydrogens is 517 g/mol. The molecule has 3 rings (SSSR count). The number of fused-ring (bicyclic) bond motifs is 1. The second kappa shape index (κ2) is 11.9. The van der Waals surface area contributed by atoms with Gasteiger partial charge in [-0.1, -0.05) is 23.7 Å². The molecular formula is C24H35ClN7O4P. The van der Waals surface area contributed by atoms with E-state index in [1.165, 1.54) is 6.33 Å². The number of aromatic nitrogens is 4. The number of imidazole rings is 1. The standard InChI is InChI=1S/C24H35ClN7O4P/c1-15(2)36-23(33)24(5,6)31-37(34,30-17(4)18-7-9-19(25)10-8-18)14-35-16(3)11-32-13-29-20-21(26)27-12-28-22(20)32/h7-10,12-13,15-17H,11,14H2,1-6H3,(H2,26,27,28)(H2,30,31,34)/t16-,17+,37?/m0/s1. The largest absolute Gasteiger partial charge is 0.462 e. The zero-order chi connectivity index (χ0) is 27.4. The molecule has 3 atom stereocenters. The highest BCUT2D eigenvalue weighted by molar-refractivity contribution is 7.59. The lowest BCUT2D eigenvalue weighted by Gasteiger charge is -2.33. The van der Waals surface area contributed by atoms with Crippen LogP contribution in [0.1, 0.15) is 53.1 Å². The monoisotopic (exact) mass is 551 g/mol. The van der Waals surface area contributed by atoms with E-state index >= 15 is 0 Å². The fraction of sp³-hybridized carbons (Fsp3) is 0.500. The van der Waals surface area contributed by atoms with Gasteiger partial charge < -0.3 is 19.8 Å². The molecule has 0 aliphatic heterocycles. The first-order valence-electron chi connectivity index (χ1n) is 12.0. The average Bonchev–Trinajstić information content (AvgIpc) is 3.21. The van der Waals surface area contributed by atoms with Crippen LogP contribution < -0.4 is 15.9 Å². The van der Waals surface area contributed by atoms with Gasteiger partial charge in [0.1, 0.15) is 23.7 Å². The van der Waals surface area contributed by atoms with E-state index in [9.17, 15) is 9.36 Å². The molecule has 0 amide bonds. The minimum atomic E-state index is -3.50. The van der Waals surface area contributed by atoms with E-state index in [1.54, 1.807) is 50.7 Å². The number of nitrogens with one attached hydrogen (secondary N) is 2. The maximum Gasteiger partial charge on any atom is 0.326 e. The quantitative estimate of drug-likeness (QED) is 0.220. The van der Waals surface area contributed by atoms with Gasteiger partial charge in [-0.25, -0.2) is 25.1 Å². The van der Waals surface area contributed by atoms with Crippen molar-refractivity contribution in [3.63, 3.8) is 0 Å². The van der Waals surface area contributed by atoms with Gasteiger partial charge in [0, 0.05) is 11.1 Å². The van der Waals surface area contributed by atoms with Crippen molar-refractivity contribution in [2.24, 2.45) is 0 Å². The minimum absolute atomic E-state index is 0.186. The fourth-order valence-corrected chi connectivity index (χ4v) is 6.26. The Balaban J connectivity index is 1.77. The third-order valence-corrected chi connectivity index (χ3v) is 8.00. The first kappa shape index (κ1) is 29.0. The van der Waals surface area contributed by atoms with Crippen LogP contribution in [0.2, 0.25) is 5.02 Å². The summed E-state index contributed by atoms with van der Waals surface area (Å²) < 4.78 is 27.4. The third kappa shape index (κ3) is 7.72. The number of nitrogen functional groups attached to an aromatic ring is 1. The Morgan fingerprint density at radius 1 is 1.16 bits per heavy atom. The molecule has 2 aromatic heterocycles. The Bertz CT molecular complexity index is 1270. The molecule has 0 saturated heterocycles. The summed E-state index contributed by atoms with van der Waals surface area (Å²) in [4.78, 5) is 25.2. The molecule has 4 N–H and O–H groups in total. The van der Waals surface area contributed by atoms with E-state index in [0.29, 0.717) is 28.5 Å². The summed E-state index contributed by atoms with van der Waals surface area (Å²) in [5.74, 6) is -0.221.